The predicted molar refractivity (Wildman–Crippen MR) is 102 cm³/mol. The zero-order chi connectivity index (χ0) is 19.6. The summed E-state index contributed by atoms with van der Waals surface area (Å²) in [4.78, 5) is 12.2. The first-order valence-corrected chi connectivity index (χ1v) is 12.1. The molecule has 4 saturated carbocycles. The minimum atomic E-state index is -4.37. The summed E-state index contributed by atoms with van der Waals surface area (Å²) in [7, 11) is -4.37. The van der Waals surface area contributed by atoms with Crippen LogP contribution in [0.25, 0.3) is 0 Å². The summed E-state index contributed by atoms with van der Waals surface area (Å²) < 4.78 is 36.2. The van der Waals surface area contributed by atoms with Gasteiger partial charge in [-0.25, -0.2) is 4.18 Å². The number of ketones is 1. The van der Waals surface area contributed by atoms with Gasteiger partial charge in [0.2, 0.25) is 0 Å². The molecule has 0 radical (unpaired) electrons. The van der Waals surface area contributed by atoms with Gasteiger partial charge in [-0.05, 0) is 99.2 Å². The van der Waals surface area contributed by atoms with Crippen molar-refractivity contribution < 1.29 is 21.9 Å². The normalized spacial score (nSPS) is 49.8. The van der Waals surface area contributed by atoms with Crippen LogP contribution in [-0.4, -0.2) is 24.9 Å². The number of carbonyl (C=O) groups excluding carboxylic acids is 1. The minimum absolute atomic E-state index is 0.182. The van der Waals surface area contributed by atoms with Crippen molar-refractivity contribution in [3.8, 4) is 0 Å². The van der Waals surface area contributed by atoms with E-state index in [-0.39, 0.29) is 22.9 Å². The highest BCUT2D eigenvalue weighted by molar-refractivity contribution is 7.80. The summed E-state index contributed by atoms with van der Waals surface area (Å²) in [5.74, 6) is 3.12. The van der Waals surface area contributed by atoms with Gasteiger partial charge in [0.25, 0.3) is 0 Å². The third-order valence-corrected chi connectivity index (χ3v) is 9.88. The Balaban J connectivity index is 1.53. The van der Waals surface area contributed by atoms with E-state index in [1.807, 2.05) is 0 Å². The number of rotatable bonds is 3. The molecule has 5 nitrogen and oxygen atoms in total. The fourth-order valence-electron chi connectivity index (χ4n) is 8.15. The van der Waals surface area contributed by atoms with Crippen LogP contribution in [0.4, 0.5) is 0 Å². The molecule has 0 amide bonds. The highest BCUT2D eigenvalue weighted by Crippen LogP contribution is 2.67. The Hall–Kier alpha value is -0.460. The average molecular weight is 399 g/mol. The minimum Gasteiger partial charge on any atom is -0.300 e. The zero-order valence-electron chi connectivity index (χ0n) is 16.8. The molecule has 2 unspecified atom stereocenters. The highest BCUT2D eigenvalue weighted by atomic mass is 32.3. The van der Waals surface area contributed by atoms with Crippen LogP contribution in [0.3, 0.4) is 0 Å². The quantitative estimate of drug-likeness (QED) is 0.712. The maximum absolute atomic E-state index is 12.2. The van der Waals surface area contributed by atoms with Crippen LogP contribution in [0.5, 0.6) is 0 Å². The Morgan fingerprint density at radius 1 is 0.963 bits per heavy atom. The van der Waals surface area contributed by atoms with E-state index in [1.165, 1.54) is 19.3 Å². The maximum Gasteiger partial charge on any atom is 0.397 e. The lowest BCUT2D eigenvalue weighted by atomic mass is 9.44. The van der Waals surface area contributed by atoms with Gasteiger partial charge in [0.1, 0.15) is 5.78 Å². The molecule has 6 heteroatoms. The molecule has 1 N–H and O–H groups in total. The number of hydrogen-bond acceptors (Lipinski definition) is 4. The lowest BCUT2D eigenvalue weighted by Gasteiger charge is -2.61. The van der Waals surface area contributed by atoms with E-state index in [9.17, 15) is 13.2 Å². The Labute approximate surface area is 163 Å². The van der Waals surface area contributed by atoms with Gasteiger partial charge in [0.05, 0.1) is 6.10 Å². The zero-order valence-corrected chi connectivity index (χ0v) is 17.6. The van der Waals surface area contributed by atoms with Crippen molar-refractivity contribution in [2.24, 2.45) is 40.4 Å². The first kappa shape index (κ1) is 19.8. The van der Waals surface area contributed by atoms with Gasteiger partial charge >= 0.3 is 10.4 Å². The molecule has 4 rings (SSSR count). The summed E-state index contributed by atoms with van der Waals surface area (Å²) in [5, 5.41) is 0. The number of fused-ring (bicyclic) bond motifs is 5. The summed E-state index contributed by atoms with van der Waals surface area (Å²) >= 11 is 0. The van der Waals surface area contributed by atoms with E-state index in [0.717, 1.165) is 32.1 Å². The molecule has 0 heterocycles. The van der Waals surface area contributed by atoms with Crippen LogP contribution < -0.4 is 0 Å². The van der Waals surface area contributed by atoms with E-state index in [2.05, 4.69) is 13.8 Å². The number of Topliss-reactive ketones (excluding diaryl/α,β-unsaturated/α-hetero) is 1. The molecular formula is C21H34O5S. The Morgan fingerprint density at radius 2 is 1.63 bits per heavy atom. The summed E-state index contributed by atoms with van der Waals surface area (Å²) in [6, 6.07) is 0. The van der Waals surface area contributed by atoms with E-state index in [1.54, 1.807) is 6.92 Å². The molecule has 0 aliphatic heterocycles. The lowest BCUT2D eigenvalue weighted by Crippen LogP contribution is -2.54. The van der Waals surface area contributed by atoms with E-state index >= 15 is 0 Å². The predicted octanol–water partition coefficient (Wildman–Crippen LogP) is 4.42. The molecule has 154 valence electrons. The molecule has 4 fully saturated rings. The molecule has 0 aromatic heterocycles. The topological polar surface area (TPSA) is 80.7 Å². The SMILES string of the molecule is CC(=O)[C@H]1CC[C@H]2[C@@H]3CCC4CC(OS(=O)(=O)O)CC[C@]4(C)[C@H]3CC[C@]12C. The first-order chi connectivity index (χ1) is 12.5. The van der Waals surface area contributed by atoms with Crippen LogP contribution in [0.1, 0.15) is 78.6 Å². The van der Waals surface area contributed by atoms with E-state index in [0.29, 0.717) is 35.9 Å². The van der Waals surface area contributed by atoms with Crippen LogP contribution in [0.15, 0.2) is 0 Å². The lowest BCUT2D eigenvalue weighted by molar-refractivity contribution is -0.137. The molecule has 0 bridgehead atoms. The Kier molecular flexibility index (Phi) is 4.80. The monoisotopic (exact) mass is 398 g/mol. The van der Waals surface area contributed by atoms with Gasteiger partial charge in [-0.1, -0.05) is 13.8 Å². The summed E-state index contributed by atoms with van der Waals surface area (Å²) in [6.45, 7) is 6.57. The van der Waals surface area contributed by atoms with Crippen molar-refractivity contribution in [3.05, 3.63) is 0 Å². The standard InChI is InChI=1S/C21H34O5S/c1-13(22)17-6-7-18-16-5-4-14-12-15(26-27(23,24)25)8-10-20(14,2)19(16)9-11-21(17,18)3/h14-19H,4-12H2,1-3H3,(H,23,24,25)/t14?,15?,16-,17+,18-,19-,20-,21+/m0/s1. The smallest absolute Gasteiger partial charge is 0.300 e. The van der Waals surface area contributed by atoms with Gasteiger partial charge in [-0.2, -0.15) is 8.42 Å². The van der Waals surface area contributed by atoms with E-state index < -0.39 is 10.4 Å². The molecule has 8 atom stereocenters. The van der Waals surface area contributed by atoms with Crippen molar-refractivity contribution in [1.82, 2.24) is 0 Å². The Bertz CT molecular complexity index is 718. The van der Waals surface area contributed by atoms with Crippen molar-refractivity contribution in [2.75, 3.05) is 0 Å². The summed E-state index contributed by atoms with van der Waals surface area (Å²) in [6.07, 6.45) is 8.92. The largest absolute Gasteiger partial charge is 0.397 e. The second-order valence-corrected chi connectivity index (χ2v) is 11.4. The summed E-state index contributed by atoms with van der Waals surface area (Å²) in [5.41, 5.74) is 0.416. The Morgan fingerprint density at radius 3 is 2.30 bits per heavy atom. The molecule has 0 aromatic rings. The van der Waals surface area contributed by atoms with Gasteiger partial charge in [-0.3, -0.25) is 9.35 Å². The maximum atomic E-state index is 12.2. The van der Waals surface area contributed by atoms with Crippen molar-refractivity contribution in [2.45, 2.75) is 84.7 Å². The molecule has 27 heavy (non-hydrogen) atoms. The van der Waals surface area contributed by atoms with Crippen molar-refractivity contribution >= 4 is 16.2 Å². The van der Waals surface area contributed by atoms with Gasteiger partial charge in [0, 0.05) is 5.92 Å². The highest BCUT2D eigenvalue weighted by Gasteiger charge is 2.60. The van der Waals surface area contributed by atoms with Crippen LogP contribution in [0, 0.1) is 40.4 Å². The van der Waals surface area contributed by atoms with Crippen LogP contribution in [0.2, 0.25) is 0 Å². The number of carbonyl (C=O) groups is 1. The van der Waals surface area contributed by atoms with Gasteiger partial charge in [0.15, 0.2) is 0 Å². The molecule has 0 saturated heterocycles. The first-order valence-electron chi connectivity index (χ1n) is 10.7. The van der Waals surface area contributed by atoms with Gasteiger partial charge in [-0.15, -0.1) is 0 Å². The molecule has 4 aliphatic carbocycles. The third-order valence-electron chi connectivity index (χ3n) is 9.37. The van der Waals surface area contributed by atoms with Gasteiger partial charge < -0.3 is 0 Å². The van der Waals surface area contributed by atoms with E-state index in [4.69, 9.17) is 8.74 Å². The fraction of sp³-hybridized carbons (Fsp3) is 0.952. The molecule has 4 aliphatic rings. The average Bonchev–Trinajstić information content (AvgIpc) is 2.91. The fourth-order valence-corrected chi connectivity index (χ4v) is 8.66. The van der Waals surface area contributed by atoms with Crippen molar-refractivity contribution in [3.63, 3.8) is 0 Å². The van der Waals surface area contributed by atoms with Crippen LogP contribution >= 0.6 is 0 Å². The second-order valence-electron chi connectivity index (χ2n) is 10.4. The van der Waals surface area contributed by atoms with Crippen LogP contribution in [-0.2, 0) is 19.4 Å². The second kappa shape index (κ2) is 6.53. The third kappa shape index (κ3) is 3.20. The molecular weight excluding hydrogens is 364 g/mol. The van der Waals surface area contributed by atoms with Crippen molar-refractivity contribution in [1.29, 1.82) is 0 Å². The molecule has 0 spiro atoms. The molecule has 0 aromatic carbocycles. The number of hydrogen-bond donors (Lipinski definition) is 1.